The summed E-state index contributed by atoms with van der Waals surface area (Å²) in [5.74, 6) is -0.251. The van der Waals surface area contributed by atoms with E-state index in [9.17, 15) is 9.59 Å². The third-order valence-electron chi connectivity index (χ3n) is 2.25. The Morgan fingerprint density at radius 2 is 2.28 bits per heavy atom. The molecule has 18 heavy (non-hydrogen) atoms. The van der Waals surface area contributed by atoms with E-state index in [0.717, 1.165) is 6.42 Å². The molecule has 0 saturated heterocycles. The van der Waals surface area contributed by atoms with Gasteiger partial charge in [-0.3, -0.25) is 9.48 Å². The minimum absolute atomic E-state index is 0.251. The summed E-state index contributed by atoms with van der Waals surface area (Å²) < 4.78 is 6.08. The number of nitrogens with one attached hydrogen (secondary N) is 2. The summed E-state index contributed by atoms with van der Waals surface area (Å²) >= 11 is 0. The predicted molar refractivity (Wildman–Crippen MR) is 62.7 cm³/mol. The van der Waals surface area contributed by atoms with E-state index in [-0.39, 0.29) is 5.91 Å². The highest BCUT2D eigenvalue weighted by Gasteiger charge is 2.14. The molecule has 1 atom stereocenters. The molecule has 1 unspecified atom stereocenters. The molecule has 8 heteroatoms. The van der Waals surface area contributed by atoms with E-state index >= 15 is 0 Å². The molecule has 0 aliphatic heterocycles. The van der Waals surface area contributed by atoms with Crippen LogP contribution < -0.4 is 10.6 Å². The van der Waals surface area contributed by atoms with Gasteiger partial charge < -0.3 is 15.4 Å². The van der Waals surface area contributed by atoms with Crippen molar-refractivity contribution in [1.29, 1.82) is 0 Å². The highest BCUT2D eigenvalue weighted by molar-refractivity contribution is 5.85. The zero-order valence-corrected chi connectivity index (χ0v) is 10.4. The maximum atomic E-state index is 11.5. The zero-order valence-electron chi connectivity index (χ0n) is 10.4. The topological polar surface area (TPSA) is 98.1 Å². The highest BCUT2D eigenvalue weighted by atomic mass is 16.5. The third-order valence-corrected chi connectivity index (χ3v) is 2.25. The summed E-state index contributed by atoms with van der Waals surface area (Å²) in [6, 6.07) is -0.621. The number of hydrogen-bond acceptors (Lipinski definition) is 5. The van der Waals surface area contributed by atoms with Crippen molar-refractivity contribution in [1.82, 2.24) is 25.6 Å². The Labute approximate surface area is 105 Å². The van der Waals surface area contributed by atoms with Crippen LogP contribution in [0.15, 0.2) is 12.4 Å². The molecule has 1 rings (SSSR count). The van der Waals surface area contributed by atoms with E-state index in [1.165, 1.54) is 7.11 Å². The Morgan fingerprint density at radius 3 is 2.89 bits per heavy atom. The van der Waals surface area contributed by atoms with Crippen LogP contribution in [0, 0.1) is 0 Å². The maximum absolute atomic E-state index is 11.5. The fraction of sp³-hybridized carbons (Fsp3) is 0.600. The summed E-state index contributed by atoms with van der Waals surface area (Å²) in [4.78, 5) is 22.4. The van der Waals surface area contributed by atoms with E-state index in [2.05, 4.69) is 25.7 Å². The van der Waals surface area contributed by atoms with Crippen molar-refractivity contribution >= 4 is 12.0 Å². The molecule has 1 heterocycles. The molecule has 0 aliphatic carbocycles. The van der Waals surface area contributed by atoms with Gasteiger partial charge in [0.25, 0.3) is 0 Å². The molecule has 8 nitrogen and oxygen atoms in total. The van der Waals surface area contributed by atoms with Crippen molar-refractivity contribution in [2.75, 3.05) is 13.7 Å². The first-order valence-corrected chi connectivity index (χ1v) is 5.59. The molecule has 0 bridgehead atoms. The van der Waals surface area contributed by atoms with Gasteiger partial charge in [-0.2, -0.15) is 0 Å². The van der Waals surface area contributed by atoms with E-state index in [1.54, 1.807) is 24.0 Å². The van der Waals surface area contributed by atoms with E-state index in [1.807, 2.05) is 0 Å². The number of alkyl carbamates (subject to hydrolysis) is 1. The molecular weight excluding hydrogens is 238 g/mol. The van der Waals surface area contributed by atoms with Gasteiger partial charge in [0.1, 0.15) is 6.04 Å². The molecule has 0 aromatic carbocycles. The first-order chi connectivity index (χ1) is 8.63. The Balaban J connectivity index is 2.14. The van der Waals surface area contributed by atoms with Crippen LogP contribution in [0.5, 0.6) is 0 Å². The Morgan fingerprint density at radius 1 is 1.50 bits per heavy atom. The fourth-order valence-electron chi connectivity index (χ4n) is 1.26. The summed E-state index contributed by atoms with van der Waals surface area (Å²) in [6.45, 7) is 2.77. The second-order valence-electron chi connectivity index (χ2n) is 3.67. The third kappa shape index (κ3) is 4.81. The Hall–Kier alpha value is -2.12. The number of amides is 2. The molecule has 2 amide bonds. The van der Waals surface area contributed by atoms with Crippen molar-refractivity contribution in [2.45, 2.75) is 25.9 Å². The fourth-order valence-corrected chi connectivity index (χ4v) is 1.26. The van der Waals surface area contributed by atoms with Crippen molar-refractivity contribution in [3.63, 3.8) is 0 Å². The molecule has 0 spiro atoms. The normalized spacial score (nSPS) is 11.7. The predicted octanol–water partition coefficient (Wildman–Crippen LogP) is -0.471. The van der Waals surface area contributed by atoms with E-state index in [0.29, 0.717) is 13.1 Å². The minimum atomic E-state index is -0.625. The van der Waals surface area contributed by atoms with Gasteiger partial charge in [0, 0.05) is 19.3 Å². The van der Waals surface area contributed by atoms with Crippen molar-refractivity contribution in [2.24, 2.45) is 0 Å². The maximum Gasteiger partial charge on any atom is 0.407 e. The summed E-state index contributed by atoms with van der Waals surface area (Å²) in [5.41, 5.74) is 0. The van der Waals surface area contributed by atoms with Gasteiger partial charge in [0.2, 0.25) is 5.91 Å². The monoisotopic (exact) mass is 255 g/mol. The lowest BCUT2D eigenvalue weighted by Gasteiger charge is -2.12. The van der Waals surface area contributed by atoms with Gasteiger partial charge in [-0.1, -0.05) is 5.21 Å². The number of aryl methyl sites for hydroxylation is 1. The number of carbonyl (C=O) groups excluding carboxylic acids is 2. The lowest BCUT2D eigenvalue weighted by molar-refractivity contribution is -0.122. The standard InChI is InChI=1S/C10H17N5O3/c1-8(13-10(17)18-2)9(16)11-4-3-6-15-7-5-12-14-15/h5,7-8H,3-4,6H2,1-2H3,(H,11,16)(H,13,17). The summed E-state index contributed by atoms with van der Waals surface area (Å²) in [5, 5.41) is 12.6. The van der Waals surface area contributed by atoms with E-state index in [4.69, 9.17) is 0 Å². The van der Waals surface area contributed by atoms with Crippen LogP contribution in [0.2, 0.25) is 0 Å². The van der Waals surface area contributed by atoms with Crippen molar-refractivity contribution in [3.05, 3.63) is 12.4 Å². The van der Waals surface area contributed by atoms with Crippen LogP contribution in [0.3, 0.4) is 0 Å². The number of hydrogen-bond donors (Lipinski definition) is 2. The smallest absolute Gasteiger partial charge is 0.407 e. The van der Waals surface area contributed by atoms with Crippen LogP contribution >= 0.6 is 0 Å². The molecule has 2 N–H and O–H groups in total. The Kier molecular flexibility index (Phi) is 5.62. The molecule has 1 aromatic heterocycles. The number of carbonyl (C=O) groups is 2. The van der Waals surface area contributed by atoms with Gasteiger partial charge in [0.05, 0.1) is 13.3 Å². The molecule has 0 saturated carbocycles. The van der Waals surface area contributed by atoms with Gasteiger partial charge >= 0.3 is 6.09 Å². The second-order valence-corrected chi connectivity index (χ2v) is 3.67. The van der Waals surface area contributed by atoms with Crippen LogP contribution in [0.4, 0.5) is 4.79 Å². The minimum Gasteiger partial charge on any atom is -0.453 e. The van der Waals surface area contributed by atoms with E-state index < -0.39 is 12.1 Å². The van der Waals surface area contributed by atoms with Gasteiger partial charge in [-0.25, -0.2) is 4.79 Å². The number of nitrogens with zero attached hydrogens (tertiary/aromatic N) is 3. The molecule has 0 radical (unpaired) electrons. The van der Waals surface area contributed by atoms with Crippen molar-refractivity contribution in [3.8, 4) is 0 Å². The average Bonchev–Trinajstić information content (AvgIpc) is 2.87. The number of methoxy groups -OCH3 is 1. The highest BCUT2D eigenvalue weighted by Crippen LogP contribution is 1.88. The lowest BCUT2D eigenvalue weighted by atomic mass is 10.3. The van der Waals surface area contributed by atoms with Gasteiger partial charge in [0.15, 0.2) is 0 Å². The second kappa shape index (κ2) is 7.25. The molecule has 0 aliphatic rings. The summed E-state index contributed by atoms with van der Waals surface area (Å²) in [7, 11) is 1.25. The molecule has 1 aromatic rings. The average molecular weight is 255 g/mol. The quantitative estimate of drug-likeness (QED) is 0.669. The largest absolute Gasteiger partial charge is 0.453 e. The summed E-state index contributed by atoms with van der Waals surface area (Å²) in [6.07, 6.45) is 3.46. The van der Waals surface area contributed by atoms with Crippen LogP contribution in [0.25, 0.3) is 0 Å². The SMILES string of the molecule is COC(=O)NC(C)C(=O)NCCCn1ccnn1. The van der Waals surface area contributed by atoms with Gasteiger partial charge in [-0.05, 0) is 13.3 Å². The zero-order chi connectivity index (χ0) is 13.4. The van der Waals surface area contributed by atoms with Crippen molar-refractivity contribution < 1.29 is 14.3 Å². The lowest BCUT2D eigenvalue weighted by Crippen LogP contribution is -2.45. The Bertz CT molecular complexity index is 379. The van der Waals surface area contributed by atoms with Crippen LogP contribution in [-0.2, 0) is 16.1 Å². The first kappa shape index (κ1) is 13.9. The van der Waals surface area contributed by atoms with Crippen LogP contribution in [-0.4, -0.2) is 46.7 Å². The van der Waals surface area contributed by atoms with Gasteiger partial charge in [-0.15, -0.1) is 5.10 Å². The van der Waals surface area contributed by atoms with Crippen LogP contribution in [0.1, 0.15) is 13.3 Å². The molecule has 0 fully saturated rings. The first-order valence-electron chi connectivity index (χ1n) is 5.59. The molecular formula is C10H17N5O3. The molecule has 100 valence electrons. The number of rotatable bonds is 6. The number of ether oxygens (including phenoxy) is 1. The number of aromatic nitrogens is 3.